The number of halogens is 4. The molecule has 1 heterocycles. The van der Waals surface area contributed by atoms with Crippen LogP contribution in [0, 0.1) is 5.82 Å². The minimum atomic E-state index is -4.46. The molecule has 0 aliphatic carbocycles. The fraction of sp³-hybridized carbons (Fsp3) is 0.0714. The largest absolute Gasteiger partial charge is 0.418 e. The van der Waals surface area contributed by atoms with E-state index in [1.807, 2.05) is 0 Å². The van der Waals surface area contributed by atoms with Gasteiger partial charge in [-0.1, -0.05) is 12.1 Å². The number of fused-ring (bicyclic) bond motifs is 1. The van der Waals surface area contributed by atoms with E-state index in [4.69, 9.17) is 0 Å². The first kappa shape index (κ1) is 12.7. The maximum atomic E-state index is 12.9. The minimum Gasteiger partial charge on any atom is -0.277 e. The molecule has 20 heavy (non-hydrogen) atoms. The van der Waals surface area contributed by atoms with Crippen molar-refractivity contribution in [1.29, 1.82) is 0 Å². The number of hydrogen-bond donors (Lipinski definition) is 1. The Morgan fingerprint density at radius 3 is 2.30 bits per heavy atom. The summed E-state index contributed by atoms with van der Waals surface area (Å²) in [5.74, 6) is -0.409. The van der Waals surface area contributed by atoms with Crippen LogP contribution in [-0.2, 0) is 6.18 Å². The molecule has 0 saturated heterocycles. The van der Waals surface area contributed by atoms with Crippen LogP contribution >= 0.6 is 0 Å². The first-order valence-electron chi connectivity index (χ1n) is 5.77. The summed E-state index contributed by atoms with van der Waals surface area (Å²) in [7, 11) is 0. The predicted octanol–water partition coefficient (Wildman–Crippen LogP) is 4.39. The first-order valence-corrected chi connectivity index (χ1v) is 5.77. The fourth-order valence-electron chi connectivity index (χ4n) is 2.10. The normalized spacial score (nSPS) is 12.0. The van der Waals surface area contributed by atoms with E-state index >= 15 is 0 Å². The topological polar surface area (TPSA) is 28.7 Å². The molecule has 2 aromatic carbocycles. The Labute approximate surface area is 111 Å². The maximum absolute atomic E-state index is 12.9. The fourth-order valence-corrected chi connectivity index (χ4v) is 2.10. The summed E-state index contributed by atoms with van der Waals surface area (Å²) >= 11 is 0. The SMILES string of the molecule is Fc1ccc(-c2[nH]nc3c(C(F)(F)F)cccc23)cc1. The lowest BCUT2D eigenvalue weighted by molar-refractivity contribution is -0.136. The molecule has 0 amide bonds. The molecule has 0 aliphatic rings. The van der Waals surface area contributed by atoms with Crippen LogP contribution in [0.2, 0.25) is 0 Å². The first-order chi connectivity index (χ1) is 9.47. The summed E-state index contributed by atoms with van der Waals surface area (Å²) < 4.78 is 51.5. The number of nitrogens with one attached hydrogen (secondary N) is 1. The van der Waals surface area contributed by atoms with Crippen molar-refractivity contribution in [2.75, 3.05) is 0 Å². The standard InChI is InChI=1S/C14H8F4N2/c15-9-6-4-8(5-7-9)12-10-2-1-3-11(14(16,17)18)13(10)20-19-12/h1-7H,(H,19,20). The van der Waals surface area contributed by atoms with Crippen LogP contribution in [0.15, 0.2) is 42.5 Å². The van der Waals surface area contributed by atoms with E-state index in [0.29, 0.717) is 16.6 Å². The van der Waals surface area contributed by atoms with Crippen molar-refractivity contribution >= 4 is 10.9 Å². The molecule has 0 spiro atoms. The lowest BCUT2D eigenvalue weighted by atomic mass is 10.1. The zero-order valence-electron chi connectivity index (χ0n) is 10.0. The number of hydrogen-bond acceptors (Lipinski definition) is 1. The molecule has 0 fully saturated rings. The van der Waals surface area contributed by atoms with Gasteiger partial charge in [-0.3, -0.25) is 5.10 Å². The van der Waals surface area contributed by atoms with Crippen molar-refractivity contribution in [2.24, 2.45) is 0 Å². The van der Waals surface area contributed by atoms with Gasteiger partial charge in [-0.25, -0.2) is 4.39 Å². The minimum absolute atomic E-state index is 0.140. The van der Waals surface area contributed by atoms with Crippen molar-refractivity contribution in [1.82, 2.24) is 10.2 Å². The zero-order chi connectivity index (χ0) is 14.3. The average molecular weight is 280 g/mol. The quantitative estimate of drug-likeness (QED) is 0.658. The summed E-state index contributed by atoms with van der Waals surface area (Å²) in [6.45, 7) is 0. The Kier molecular flexibility index (Phi) is 2.74. The molecule has 1 aromatic heterocycles. The van der Waals surface area contributed by atoms with E-state index < -0.39 is 17.6 Å². The van der Waals surface area contributed by atoms with Crippen molar-refractivity contribution in [2.45, 2.75) is 6.18 Å². The third-order valence-electron chi connectivity index (χ3n) is 3.02. The lowest BCUT2D eigenvalue weighted by Crippen LogP contribution is -2.05. The van der Waals surface area contributed by atoms with Gasteiger partial charge in [0.25, 0.3) is 0 Å². The molecular weight excluding hydrogens is 272 g/mol. The molecule has 2 nitrogen and oxygen atoms in total. The van der Waals surface area contributed by atoms with Crippen LogP contribution in [0.1, 0.15) is 5.56 Å². The summed E-state index contributed by atoms with van der Waals surface area (Å²) in [6, 6.07) is 9.33. The van der Waals surface area contributed by atoms with Gasteiger partial charge in [0.05, 0.1) is 11.3 Å². The Morgan fingerprint density at radius 2 is 1.65 bits per heavy atom. The highest BCUT2D eigenvalue weighted by molar-refractivity contribution is 5.94. The molecule has 0 aliphatic heterocycles. The Balaban J connectivity index is 2.22. The van der Waals surface area contributed by atoms with Gasteiger partial charge in [-0.15, -0.1) is 0 Å². The van der Waals surface area contributed by atoms with Gasteiger partial charge in [-0.05, 0) is 30.3 Å². The van der Waals surface area contributed by atoms with Crippen LogP contribution in [0.4, 0.5) is 17.6 Å². The third kappa shape index (κ3) is 2.03. The number of para-hydroxylation sites is 1. The molecule has 0 bridgehead atoms. The molecule has 0 atom stereocenters. The number of aromatic amines is 1. The third-order valence-corrected chi connectivity index (χ3v) is 3.02. The van der Waals surface area contributed by atoms with E-state index in [1.54, 1.807) is 6.07 Å². The molecule has 0 unspecified atom stereocenters. The highest BCUT2D eigenvalue weighted by atomic mass is 19.4. The number of aromatic nitrogens is 2. The molecule has 6 heteroatoms. The van der Waals surface area contributed by atoms with E-state index in [9.17, 15) is 17.6 Å². The van der Waals surface area contributed by atoms with Gasteiger partial charge in [0, 0.05) is 10.9 Å². The van der Waals surface area contributed by atoms with Crippen molar-refractivity contribution in [3.63, 3.8) is 0 Å². The number of rotatable bonds is 1. The van der Waals surface area contributed by atoms with E-state index in [1.165, 1.54) is 30.3 Å². The van der Waals surface area contributed by atoms with Gasteiger partial charge >= 0.3 is 6.18 Å². The number of benzene rings is 2. The molecule has 0 saturated carbocycles. The smallest absolute Gasteiger partial charge is 0.277 e. The van der Waals surface area contributed by atoms with Gasteiger partial charge < -0.3 is 0 Å². The van der Waals surface area contributed by atoms with E-state index in [2.05, 4.69) is 10.2 Å². The summed E-state index contributed by atoms with van der Waals surface area (Å²) in [6.07, 6.45) is -4.46. The average Bonchev–Trinajstić information content (AvgIpc) is 2.82. The van der Waals surface area contributed by atoms with Gasteiger partial charge in [0.2, 0.25) is 0 Å². The van der Waals surface area contributed by atoms with Crippen LogP contribution in [0.5, 0.6) is 0 Å². The van der Waals surface area contributed by atoms with Crippen molar-refractivity contribution < 1.29 is 17.6 Å². The van der Waals surface area contributed by atoms with Crippen LogP contribution in [0.25, 0.3) is 22.2 Å². The molecule has 1 N–H and O–H groups in total. The second-order valence-electron chi connectivity index (χ2n) is 4.30. The molecule has 102 valence electrons. The predicted molar refractivity (Wildman–Crippen MR) is 66.5 cm³/mol. The molecule has 3 aromatic rings. The van der Waals surface area contributed by atoms with Gasteiger partial charge in [0.15, 0.2) is 0 Å². The maximum Gasteiger partial charge on any atom is 0.418 e. The monoisotopic (exact) mass is 280 g/mol. The Morgan fingerprint density at radius 1 is 0.950 bits per heavy atom. The second kappa shape index (κ2) is 4.33. The van der Waals surface area contributed by atoms with Crippen molar-refractivity contribution in [3.8, 4) is 11.3 Å². The Bertz CT molecular complexity index is 757. The highest BCUT2D eigenvalue weighted by Gasteiger charge is 2.33. The number of alkyl halides is 3. The number of nitrogens with zero attached hydrogens (tertiary/aromatic N) is 1. The highest BCUT2D eigenvalue weighted by Crippen LogP contribution is 2.36. The van der Waals surface area contributed by atoms with E-state index in [0.717, 1.165) is 6.07 Å². The van der Waals surface area contributed by atoms with Crippen LogP contribution in [-0.4, -0.2) is 10.2 Å². The Hall–Kier alpha value is -2.37. The summed E-state index contributed by atoms with van der Waals surface area (Å²) in [4.78, 5) is 0. The lowest BCUT2D eigenvalue weighted by Gasteiger charge is -2.06. The molecule has 0 radical (unpaired) electrons. The van der Waals surface area contributed by atoms with Gasteiger partial charge in [0.1, 0.15) is 11.3 Å². The second-order valence-corrected chi connectivity index (χ2v) is 4.30. The zero-order valence-corrected chi connectivity index (χ0v) is 10.0. The number of H-pyrrole nitrogens is 1. The molecular formula is C14H8F4N2. The van der Waals surface area contributed by atoms with Crippen LogP contribution in [0.3, 0.4) is 0 Å². The van der Waals surface area contributed by atoms with Crippen LogP contribution < -0.4 is 0 Å². The summed E-state index contributed by atoms with van der Waals surface area (Å²) in [5.41, 5.74) is 0.0817. The van der Waals surface area contributed by atoms with E-state index in [-0.39, 0.29) is 5.52 Å². The van der Waals surface area contributed by atoms with Gasteiger partial charge in [-0.2, -0.15) is 18.3 Å². The van der Waals surface area contributed by atoms with Crippen molar-refractivity contribution in [3.05, 3.63) is 53.8 Å². The molecule has 3 rings (SSSR count). The summed E-state index contributed by atoms with van der Waals surface area (Å²) in [5, 5.41) is 6.69.